The molecule has 2 N–H and O–H groups in total. The second-order valence-electron chi connectivity index (χ2n) is 2.66. The van der Waals surface area contributed by atoms with Crippen LogP contribution in [0.3, 0.4) is 0 Å². The molecule has 0 aromatic heterocycles. The molecule has 0 aliphatic rings. The molecule has 0 fully saturated rings. The molecule has 0 atom stereocenters. The Balaban J connectivity index is -0.000000392. The van der Waals surface area contributed by atoms with Crippen LogP contribution in [0.25, 0.3) is 0 Å². The second-order valence-corrected chi connectivity index (χ2v) is 2.66. The molecule has 0 aromatic rings. The van der Waals surface area contributed by atoms with Crippen LogP contribution in [-0.2, 0) is 14.4 Å². The fraction of sp³-hybridized carbons (Fsp3) is 0.500. The third kappa shape index (κ3) is 12.2. The van der Waals surface area contributed by atoms with Gasteiger partial charge in [-0.05, 0) is 0 Å². The minimum absolute atomic E-state index is 0. The standard InChI is InChI=1S/C6H8O7.Al.NO3/c7-3(8)1-6(13,5(11)12)2-4(9)10;;2-1(3)4/h13H,1-2H2,(H,7,8)(H,9,10)(H,11,12);;/q;+3;-1/p-2. The molecule has 0 bridgehead atoms. The third-order valence-corrected chi connectivity index (χ3v) is 1.27. The van der Waals surface area contributed by atoms with Gasteiger partial charge in [0.1, 0.15) is 0 Å². The molecule has 12 heteroatoms. The summed E-state index contributed by atoms with van der Waals surface area (Å²) in [5.74, 6) is -5.65. The number of aliphatic carboxylic acids is 3. The van der Waals surface area contributed by atoms with Crippen molar-refractivity contribution in [3.63, 3.8) is 0 Å². The SMILES string of the molecule is O=C([O-])CC(O)(CC(=O)[O-])C(=O)O.O=[N+]([O-])[O-].[Al+3]. The van der Waals surface area contributed by atoms with Gasteiger partial charge in [0, 0.05) is 24.8 Å². The molecule has 0 aromatic carbocycles. The van der Waals surface area contributed by atoms with Crippen molar-refractivity contribution in [2.24, 2.45) is 0 Å². The van der Waals surface area contributed by atoms with E-state index in [4.69, 9.17) is 25.5 Å². The van der Waals surface area contributed by atoms with Gasteiger partial charge in [-0.1, -0.05) is 0 Å². The van der Waals surface area contributed by atoms with Crippen LogP contribution in [0.5, 0.6) is 0 Å². The van der Waals surface area contributed by atoms with Gasteiger partial charge >= 0.3 is 23.3 Å². The van der Waals surface area contributed by atoms with Crippen molar-refractivity contribution in [3.8, 4) is 0 Å². The molecule has 0 unspecified atom stereocenters. The summed E-state index contributed by atoms with van der Waals surface area (Å²) in [7, 11) is 0. The topological polar surface area (TPSA) is 204 Å². The van der Waals surface area contributed by atoms with Gasteiger partial charge in [0.05, 0.1) is 5.09 Å². The van der Waals surface area contributed by atoms with E-state index in [0.29, 0.717) is 0 Å². The van der Waals surface area contributed by atoms with E-state index in [2.05, 4.69) is 0 Å². The van der Waals surface area contributed by atoms with Gasteiger partial charge in [-0.25, -0.2) is 4.79 Å². The van der Waals surface area contributed by atoms with Crippen LogP contribution in [0.1, 0.15) is 12.8 Å². The number of aliphatic hydroxyl groups is 1. The molecule has 98 valence electrons. The number of rotatable bonds is 5. The summed E-state index contributed by atoms with van der Waals surface area (Å²) < 4.78 is 0. The normalized spacial score (nSPS) is 9.17. The molecule has 0 aliphatic carbocycles. The Hall–Kier alpha value is -1.90. The Labute approximate surface area is 110 Å². The molecule has 11 nitrogen and oxygen atoms in total. The van der Waals surface area contributed by atoms with E-state index in [1.165, 1.54) is 0 Å². The summed E-state index contributed by atoms with van der Waals surface area (Å²) in [6, 6.07) is 0. The average molecular weight is 279 g/mol. The summed E-state index contributed by atoms with van der Waals surface area (Å²) in [5, 5.41) is 51.9. The van der Waals surface area contributed by atoms with Crippen molar-refractivity contribution in [3.05, 3.63) is 15.3 Å². The third-order valence-electron chi connectivity index (χ3n) is 1.27. The number of nitrogens with zero attached hydrogens (tertiary/aromatic N) is 1. The molecule has 0 saturated heterocycles. The molecular formula is C6H6AlNO10. The molecule has 0 saturated carbocycles. The Morgan fingerprint density at radius 2 is 1.28 bits per heavy atom. The number of carboxylic acids is 3. The van der Waals surface area contributed by atoms with E-state index in [1.54, 1.807) is 0 Å². The van der Waals surface area contributed by atoms with Crippen LogP contribution < -0.4 is 10.2 Å². The Bertz CT molecular complexity index is 308. The van der Waals surface area contributed by atoms with E-state index >= 15 is 0 Å². The maximum Gasteiger partial charge on any atom is 3.00 e. The van der Waals surface area contributed by atoms with Crippen molar-refractivity contribution in [2.45, 2.75) is 18.4 Å². The fourth-order valence-electron chi connectivity index (χ4n) is 0.691. The number of carbonyl (C=O) groups is 3. The Kier molecular flexibility index (Phi) is 10.9. The minimum Gasteiger partial charge on any atom is -0.550 e. The number of carboxylic acid groups (broad SMARTS) is 3. The molecule has 0 radical (unpaired) electrons. The predicted molar refractivity (Wildman–Crippen MR) is 47.9 cm³/mol. The molecule has 0 rings (SSSR count). The molecule has 0 spiro atoms. The molecule has 0 aliphatic heterocycles. The molecule has 0 amide bonds. The first-order chi connectivity index (χ1) is 7.51. The zero-order valence-electron chi connectivity index (χ0n) is 8.60. The van der Waals surface area contributed by atoms with Crippen LogP contribution in [0.2, 0.25) is 0 Å². The zero-order chi connectivity index (χ0) is 14.2. The van der Waals surface area contributed by atoms with Crippen molar-refractivity contribution in [2.75, 3.05) is 0 Å². The monoisotopic (exact) mass is 279 g/mol. The number of hydrogen-bond acceptors (Lipinski definition) is 9. The number of carbonyl (C=O) groups excluding carboxylic acids is 2. The maximum atomic E-state index is 10.3. The van der Waals surface area contributed by atoms with Gasteiger partial charge in [0.2, 0.25) is 0 Å². The Morgan fingerprint density at radius 1 is 1.06 bits per heavy atom. The van der Waals surface area contributed by atoms with Crippen LogP contribution in [0, 0.1) is 15.3 Å². The summed E-state index contributed by atoms with van der Waals surface area (Å²) in [5.41, 5.74) is -2.86. The van der Waals surface area contributed by atoms with Crippen LogP contribution in [-0.4, -0.2) is 56.2 Å². The first kappa shape index (κ1) is 21.4. The summed E-state index contributed by atoms with van der Waals surface area (Å²) in [6.45, 7) is 0. The quantitative estimate of drug-likeness (QED) is 0.280. The minimum atomic E-state index is -2.86. The second kappa shape index (κ2) is 9.17. The fourth-order valence-corrected chi connectivity index (χ4v) is 0.691. The van der Waals surface area contributed by atoms with E-state index in [1.807, 2.05) is 0 Å². The molecule has 0 heterocycles. The smallest absolute Gasteiger partial charge is 0.550 e. The van der Waals surface area contributed by atoms with Gasteiger partial charge in [-0.15, -0.1) is 0 Å². The van der Waals surface area contributed by atoms with Crippen molar-refractivity contribution in [1.82, 2.24) is 0 Å². The summed E-state index contributed by atoms with van der Waals surface area (Å²) >= 11 is 0. The van der Waals surface area contributed by atoms with Gasteiger partial charge in [-0.3, -0.25) is 0 Å². The van der Waals surface area contributed by atoms with Crippen molar-refractivity contribution in [1.29, 1.82) is 0 Å². The zero-order valence-corrected chi connectivity index (χ0v) is 9.75. The predicted octanol–water partition coefficient (Wildman–Crippen LogP) is -4.54. The van der Waals surface area contributed by atoms with Gasteiger partial charge in [-0.2, -0.15) is 0 Å². The van der Waals surface area contributed by atoms with E-state index in [0.717, 1.165) is 0 Å². The van der Waals surface area contributed by atoms with E-state index in [-0.39, 0.29) is 17.4 Å². The van der Waals surface area contributed by atoms with E-state index < -0.39 is 41.4 Å². The average Bonchev–Trinajstić information content (AvgIpc) is 1.98. The van der Waals surface area contributed by atoms with Crippen LogP contribution in [0.4, 0.5) is 0 Å². The van der Waals surface area contributed by atoms with Gasteiger partial charge in [0.15, 0.2) is 5.60 Å². The first-order valence-electron chi connectivity index (χ1n) is 3.68. The van der Waals surface area contributed by atoms with Gasteiger partial charge < -0.3 is 45.3 Å². The number of hydrogen-bond donors (Lipinski definition) is 2. The van der Waals surface area contributed by atoms with Crippen molar-refractivity contribution < 1.29 is 39.9 Å². The largest absolute Gasteiger partial charge is 3.00 e. The van der Waals surface area contributed by atoms with Crippen LogP contribution >= 0.6 is 0 Å². The summed E-state index contributed by atoms with van der Waals surface area (Å²) in [4.78, 5) is 38.4. The summed E-state index contributed by atoms with van der Waals surface area (Å²) in [6.07, 6.45) is -2.59. The maximum absolute atomic E-state index is 10.3. The molecular weight excluding hydrogens is 273 g/mol. The van der Waals surface area contributed by atoms with Crippen molar-refractivity contribution >= 4 is 35.3 Å². The first-order valence-corrected chi connectivity index (χ1v) is 3.68. The van der Waals surface area contributed by atoms with Crippen LogP contribution in [0.15, 0.2) is 0 Å². The van der Waals surface area contributed by atoms with Gasteiger partial charge in [0.25, 0.3) is 0 Å². The molecule has 18 heavy (non-hydrogen) atoms. The Morgan fingerprint density at radius 3 is 1.39 bits per heavy atom. The van der Waals surface area contributed by atoms with E-state index in [9.17, 15) is 24.6 Å².